The fourth-order valence-corrected chi connectivity index (χ4v) is 5.56. The number of benzene rings is 3. The third-order valence-corrected chi connectivity index (χ3v) is 8.19. The van der Waals surface area contributed by atoms with Gasteiger partial charge < -0.3 is 14.6 Å². The fourth-order valence-electron chi connectivity index (χ4n) is 3.86. The van der Waals surface area contributed by atoms with Crippen molar-refractivity contribution in [3.63, 3.8) is 0 Å². The van der Waals surface area contributed by atoms with Gasteiger partial charge in [0, 0.05) is 34.1 Å². The van der Waals surface area contributed by atoms with Crippen LogP contribution in [-0.4, -0.2) is 46.4 Å². The second-order valence-corrected chi connectivity index (χ2v) is 11.6. The predicted molar refractivity (Wildman–Crippen MR) is 148 cm³/mol. The van der Waals surface area contributed by atoms with E-state index < -0.39 is 10.0 Å². The van der Waals surface area contributed by atoms with Crippen molar-refractivity contribution >= 4 is 55.8 Å². The lowest BCUT2D eigenvalue weighted by molar-refractivity contribution is 0.0924. The summed E-state index contributed by atoms with van der Waals surface area (Å²) in [6, 6.07) is 18.1. The van der Waals surface area contributed by atoms with Crippen molar-refractivity contribution in [1.82, 2.24) is 10.2 Å². The number of likely N-dealkylation sites (N-methyl/N-ethyl adjacent to an activating group) is 1. The highest BCUT2D eigenvalue weighted by atomic mass is 35.5. The number of carbonyl (C=O) groups is 1. The number of furan rings is 1. The van der Waals surface area contributed by atoms with E-state index in [0.29, 0.717) is 45.4 Å². The summed E-state index contributed by atoms with van der Waals surface area (Å²) in [7, 11) is -0.114. The van der Waals surface area contributed by atoms with Crippen molar-refractivity contribution < 1.29 is 17.6 Å². The van der Waals surface area contributed by atoms with Gasteiger partial charge in [0.25, 0.3) is 15.9 Å². The molecule has 4 aromatic rings. The first-order chi connectivity index (χ1) is 17.6. The highest BCUT2D eigenvalue weighted by molar-refractivity contribution is 7.92. The molecule has 0 radical (unpaired) electrons. The largest absolute Gasteiger partial charge is 0.451 e. The Morgan fingerprint density at radius 3 is 2.19 bits per heavy atom. The van der Waals surface area contributed by atoms with E-state index in [1.165, 1.54) is 16.4 Å². The van der Waals surface area contributed by atoms with E-state index in [1.54, 1.807) is 61.5 Å². The standard InChI is InChI=1S/C27H27Cl2N3O4S/c1-18-24-16-22(10-13-25(24)36-26(18)27(33)30-14-15-31(2)3)32(17-19-4-6-20(28)7-5-19)37(34,35)23-11-8-21(29)9-12-23/h4-13,16H,14-15,17H2,1-3H3,(H,30,33). The summed E-state index contributed by atoms with van der Waals surface area (Å²) in [5.41, 5.74) is 2.32. The summed E-state index contributed by atoms with van der Waals surface area (Å²) in [6.07, 6.45) is 0. The van der Waals surface area contributed by atoms with Gasteiger partial charge >= 0.3 is 0 Å². The van der Waals surface area contributed by atoms with Gasteiger partial charge in [0.2, 0.25) is 0 Å². The second kappa shape index (κ2) is 11.1. The van der Waals surface area contributed by atoms with Gasteiger partial charge in [-0.05, 0) is 81.2 Å². The number of rotatable bonds is 9. The van der Waals surface area contributed by atoms with Crippen LogP contribution in [0.25, 0.3) is 11.0 Å². The van der Waals surface area contributed by atoms with Crippen molar-refractivity contribution in [2.75, 3.05) is 31.5 Å². The first-order valence-corrected chi connectivity index (χ1v) is 13.7. The molecule has 1 heterocycles. The fraction of sp³-hybridized carbons (Fsp3) is 0.222. The molecular formula is C27H27Cl2N3O4S. The molecule has 0 atom stereocenters. The molecule has 0 spiro atoms. The Morgan fingerprint density at radius 2 is 1.57 bits per heavy atom. The Hall–Kier alpha value is -3.04. The number of nitrogens with zero attached hydrogens (tertiary/aromatic N) is 2. The van der Waals surface area contributed by atoms with Crippen molar-refractivity contribution in [2.24, 2.45) is 0 Å². The Bertz CT molecular complexity index is 1520. The second-order valence-electron chi connectivity index (χ2n) is 8.89. The summed E-state index contributed by atoms with van der Waals surface area (Å²) in [6.45, 7) is 3.02. The summed E-state index contributed by atoms with van der Waals surface area (Å²) in [5, 5.41) is 4.51. The van der Waals surface area contributed by atoms with Crippen LogP contribution >= 0.6 is 23.2 Å². The Balaban J connectivity index is 1.75. The molecule has 1 amide bonds. The molecule has 0 aliphatic rings. The molecule has 3 aromatic carbocycles. The van der Waals surface area contributed by atoms with Crippen molar-refractivity contribution in [2.45, 2.75) is 18.4 Å². The number of aryl methyl sites for hydroxylation is 1. The Labute approximate surface area is 226 Å². The van der Waals surface area contributed by atoms with Crippen LogP contribution in [0.3, 0.4) is 0 Å². The van der Waals surface area contributed by atoms with E-state index >= 15 is 0 Å². The van der Waals surface area contributed by atoms with Crippen LogP contribution in [0.5, 0.6) is 0 Å². The maximum atomic E-state index is 13.8. The van der Waals surface area contributed by atoms with Gasteiger partial charge in [0.1, 0.15) is 5.58 Å². The molecule has 1 aromatic heterocycles. The van der Waals surface area contributed by atoms with E-state index in [4.69, 9.17) is 27.6 Å². The van der Waals surface area contributed by atoms with E-state index in [9.17, 15) is 13.2 Å². The number of hydrogen-bond acceptors (Lipinski definition) is 5. The molecule has 194 valence electrons. The van der Waals surface area contributed by atoms with E-state index in [1.807, 2.05) is 19.0 Å². The summed E-state index contributed by atoms with van der Waals surface area (Å²) < 4.78 is 34.7. The van der Waals surface area contributed by atoms with E-state index in [-0.39, 0.29) is 23.1 Å². The van der Waals surface area contributed by atoms with Crippen molar-refractivity contribution in [1.29, 1.82) is 0 Å². The van der Waals surface area contributed by atoms with E-state index in [2.05, 4.69) is 5.32 Å². The van der Waals surface area contributed by atoms with Crippen LogP contribution in [0.2, 0.25) is 10.0 Å². The topological polar surface area (TPSA) is 82.9 Å². The summed E-state index contributed by atoms with van der Waals surface area (Å²) in [5.74, 6) is -0.111. The number of hydrogen-bond donors (Lipinski definition) is 1. The third-order valence-electron chi connectivity index (χ3n) is 5.90. The molecule has 0 fully saturated rings. The van der Waals surface area contributed by atoms with Crippen molar-refractivity contribution in [3.8, 4) is 0 Å². The number of anilines is 1. The zero-order chi connectivity index (χ0) is 26.7. The van der Waals surface area contributed by atoms with Gasteiger partial charge in [-0.1, -0.05) is 35.3 Å². The molecule has 0 unspecified atom stereocenters. The average Bonchev–Trinajstić information content (AvgIpc) is 3.19. The third kappa shape index (κ3) is 6.10. The lowest BCUT2D eigenvalue weighted by Crippen LogP contribution is -2.31. The first-order valence-electron chi connectivity index (χ1n) is 11.5. The number of nitrogens with one attached hydrogen (secondary N) is 1. The van der Waals surface area contributed by atoms with Crippen molar-refractivity contribution in [3.05, 3.63) is 93.7 Å². The molecule has 4 rings (SSSR count). The molecule has 0 aliphatic heterocycles. The molecule has 0 saturated heterocycles. The van der Waals surface area contributed by atoms with Gasteiger partial charge in [0.05, 0.1) is 17.1 Å². The zero-order valence-electron chi connectivity index (χ0n) is 20.7. The molecule has 0 saturated carbocycles. The van der Waals surface area contributed by atoms with Gasteiger partial charge in [-0.2, -0.15) is 0 Å². The van der Waals surface area contributed by atoms with Gasteiger partial charge in [0.15, 0.2) is 5.76 Å². The minimum Gasteiger partial charge on any atom is -0.451 e. The highest BCUT2D eigenvalue weighted by Crippen LogP contribution is 2.33. The smallest absolute Gasteiger partial charge is 0.287 e. The van der Waals surface area contributed by atoms with Crippen LogP contribution in [-0.2, 0) is 16.6 Å². The maximum absolute atomic E-state index is 13.8. The lowest BCUT2D eigenvalue weighted by atomic mass is 10.1. The molecule has 0 aliphatic carbocycles. The number of fused-ring (bicyclic) bond motifs is 1. The molecule has 7 nitrogen and oxygen atoms in total. The lowest BCUT2D eigenvalue weighted by Gasteiger charge is -2.25. The minimum atomic E-state index is -3.96. The zero-order valence-corrected chi connectivity index (χ0v) is 23.0. The van der Waals surface area contributed by atoms with E-state index in [0.717, 1.165) is 5.56 Å². The number of carbonyl (C=O) groups excluding carboxylic acids is 1. The molecule has 37 heavy (non-hydrogen) atoms. The summed E-state index contributed by atoms with van der Waals surface area (Å²) in [4.78, 5) is 14.8. The number of sulfonamides is 1. The van der Waals surface area contributed by atoms with Gasteiger partial charge in [-0.25, -0.2) is 8.42 Å². The predicted octanol–water partition coefficient (Wildman–Crippen LogP) is 5.73. The van der Waals surface area contributed by atoms with Gasteiger partial charge in [-0.3, -0.25) is 9.10 Å². The normalized spacial score (nSPS) is 11.7. The number of amides is 1. The Morgan fingerprint density at radius 1 is 0.946 bits per heavy atom. The minimum absolute atomic E-state index is 0.0718. The SMILES string of the molecule is Cc1c(C(=O)NCCN(C)C)oc2ccc(N(Cc3ccc(Cl)cc3)S(=O)(=O)c3ccc(Cl)cc3)cc12. The average molecular weight is 561 g/mol. The van der Waals surface area contributed by atoms with Crippen LogP contribution in [0, 0.1) is 6.92 Å². The van der Waals surface area contributed by atoms with Crippen LogP contribution in [0.4, 0.5) is 5.69 Å². The van der Waals surface area contributed by atoms with Crippen LogP contribution < -0.4 is 9.62 Å². The molecule has 1 N–H and O–H groups in total. The quantitative estimate of drug-likeness (QED) is 0.283. The first kappa shape index (κ1) is 27.0. The monoisotopic (exact) mass is 559 g/mol. The van der Waals surface area contributed by atoms with Crippen LogP contribution in [0.1, 0.15) is 21.7 Å². The molecule has 10 heteroatoms. The maximum Gasteiger partial charge on any atom is 0.287 e. The molecule has 0 bridgehead atoms. The molecular weight excluding hydrogens is 533 g/mol. The number of halogens is 2. The van der Waals surface area contributed by atoms with Gasteiger partial charge in [-0.15, -0.1) is 0 Å². The van der Waals surface area contributed by atoms with Crippen LogP contribution in [0.15, 0.2) is 76.0 Å². The summed E-state index contributed by atoms with van der Waals surface area (Å²) >= 11 is 12.0. The highest BCUT2D eigenvalue weighted by Gasteiger charge is 2.27. The Kier molecular flexibility index (Phi) is 8.14.